The Morgan fingerprint density at radius 2 is 1.71 bits per heavy atom. The van der Waals surface area contributed by atoms with Gasteiger partial charge in [0, 0.05) is 10.7 Å². The van der Waals surface area contributed by atoms with Crippen LogP contribution in [0.2, 0.25) is 0 Å². The van der Waals surface area contributed by atoms with Crippen molar-refractivity contribution in [1.82, 2.24) is 0 Å². The Bertz CT molecular complexity index is 206. The Hall–Kier alpha value is 0.0200. The molecule has 0 N–H and O–H groups in total. The van der Waals surface area contributed by atoms with Crippen molar-refractivity contribution in [1.29, 1.82) is 0 Å². The lowest BCUT2D eigenvalue weighted by atomic mass is 9.72. The third-order valence-corrected chi connectivity index (χ3v) is 4.47. The van der Waals surface area contributed by atoms with Crippen LogP contribution in [0.25, 0.3) is 0 Å². The van der Waals surface area contributed by atoms with Gasteiger partial charge in [-0.15, -0.1) is 0 Å². The first-order valence-electron chi connectivity index (χ1n) is 5.18. The molecule has 1 atom stereocenters. The smallest absolute Gasteiger partial charge is 0.133 e. The molecule has 0 amide bonds. The van der Waals surface area contributed by atoms with Crippen molar-refractivity contribution < 1.29 is 4.79 Å². The van der Waals surface area contributed by atoms with Gasteiger partial charge < -0.3 is 0 Å². The van der Waals surface area contributed by atoms with E-state index >= 15 is 0 Å². The van der Waals surface area contributed by atoms with Gasteiger partial charge in [0.05, 0.1) is 0 Å². The summed E-state index contributed by atoms with van der Waals surface area (Å²) in [6, 6.07) is 0. The maximum atomic E-state index is 11.4. The van der Waals surface area contributed by atoms with E-state index in [1.807, 2.05) is 18.7 Å². The van der Waals surface area contributed by atoms with E-state index in [-0.39, 0.29) is 16.1 Å². The van der Waals surface area contributed by atoms with Crippen LogP contribution in [0, 0.1) is 11.3 Å². The fourth-order valence-electron chi connectivity index (χ4n) is 1.87. The van der Waals surface area contributed by atoms with Gasteiger partial charge in [0.1, 0.15) is 5.78 Å². The summed E-state index contributed by atoms with van der Waals surface area (Å²) in [5, 5.41) is 0. The minimum atomic E-state index is 0.0956. The fraction of sp³-hybridized carbons (Fsp3) is 0.917. The van der Waals surface area contributed by atoms with E-state index in [9.17, 15) is 4.79 Å². The van der Waals surface area contributed by atoms with Gasteiger partial charge in [0.2, 0.25) is 0 Å². The van der Waals surface area contributed by atoms with Gasteiger partial charge in [0.25, 0.3) is 0 Å². The van der Waals surface area contributed by atoms with Crippen molar-refractivity contribution >= 4 is 17.5 Å². The first kappa shape index (κ1) is 14.0. The number of rotatable bonds is 5. The lowest BCUT2D eigenvalue weighted by Gasteiger charge is -2.37. The molecule has 0 aliphatic heterocycles. The van der Waals surface area contributed by atoms with E-state index in [4.69, 9.17) is 0 Å². The van der Waals surface area contributed by atoms with Gasteiger partial charge in [-0.2, -0.15) is 11.8 Å². The van der Waals surface area contributed by atoms with Crippen LogP contribution in [-0.2, 0) is 4.79 Å². The van der Waals surface area contributed by atoms with Crippen molar-refractivity contribution in [3.8, 4) is 0 Å². The molecule has 0 saturated carbocycles. The molecule has 0 rings (SSSR count). The van der Waals surface area contributed by atoms with Crippen molar-refractivity contribution in [2.75, 3.05) is 6.26 Å². The predicted octanol–water partition coefficient (Wildman–Crippen LogP) is 3.77. The number of Topliss-reactive ketones (excluding diaryl/α,β-unsaturated/α-hetero) is 1. The van der Waals surface area contributed by atoms with Crippen LogP contribution in [0.15, 0.2) is 0 Å². The molecule has 2 heteroatoms. The molecule has 1 unspecified atom stereocenters. The Morgan fingerprint density at radius 1 is 1.29 bits per heavy atom. The number of carbonyl (C=O) groups is 1. The summed E-state index contributed by atoms with van der Waals surface area (Å²) in [7, 11) is 0. The number of thioether (sulfide) groups is 1. The molecule has 0 bridgehead atoms. The van der Waals surface area contributed by atoms with E-state index in [1.54, 1.807) is 6.92 Å². The molecule has 0 aliphatic carbocycles. The molecule has 0 aromatic rings. The maximum Gasteiger partial charge on any atom is 0.133 e. The lowest BCUT2D eigenvalue weighted by molar-refractivity contribution is -0.123. The lowest BCUT2D eigenvalue weighted by Crippen LogP contribution is -2.33. The Kier molecular flexibility index (Phi) is 4.70. The minimum absolute atomic E-state index is 0.0956. The average molecular weight is 216 g/mol. The highest BCUT2D eigenvalue weighted by Crippen LogP contribution is 2.40. The highest BCUT2D eigenvalue weighted by molar-refractivity contribution is 7.99. The molecule has 0 radical (unpaired) electrons. The van der Waals surface area contributed by atoms with Gasteiger partial charge in [-0.3, -0.25) is 4.79 Å². The largest absolute Gasteiger partial charge is 0.300 e. The Labute approximate surface area is 93.0 Å². The monoisotopic (exact) mass is 216 g/mol. The summed E-state index contributed by atoms with van der Waals surface area (Å²) < 4.78 is 0.257. The minimum Gasteiger partial charge on any atom is -0.300 e. The van der Waals surface area contributed by atoms with Gasteiger partial charge >= 0.3 is 0 Å². The molecule has 14 heavy (non-hydrogen) atoms. The average Bonchev–Trinajstić information content (AvgIpc) is 2.01. The third-order valence-electron chi connectivity index (χ3n) is 3.22. The fourth-order valence-corrected chi connectivity index (χ4v) is 2.39. The van der Waals surface area contributed by atoms with E-state index in [2.05, 4.69) is 34.0 Å². The van der Waals surface area contributed by atoms with Crippen molar-refractivity contribution in [3.63, 3.8) is 0 Å². The summed E-state index contributed by atoms with van der Waals surface area (Å²) in [6.45, 7) is 12.6. The van der Waals surface area contributed by atoms with E-state index in [0.717, 1.165) is 6.42 Å². The first-order chi connectivity index (χ1) is 6.12. The molecule has 0 aromatic heterocycles. The summed E-state index contributed by atoms with van der Waals surface area (Å²) in [4.78, 5) is 11.4. The number of hydrogen-bond donors (Lipinski definition) is 0. The van der Waals surface area contributed by atoms with Gasteiger partial charge in [-0.05, 0) is 25.0 Å². The summed E-state index contributed by atoms with van der Waals surface area (Å²) in [5.74, 6) is 0.445. The molecule has 0 heterocycles. The topological polar surface area (TPSA) is 17.1 Å². The quantitative estimate of drug-likeness (QED) is 0.696. The number of ketones is 1. The van der Waals surface area contributed by atoms with Crippen LogP contribution < -0.4 is 0 Å². The molecule has 0 saturated heterocycles. The predicted molar refractivity (Wildman–Crippen MR) is 65.8 cm³/mol. The Balaban J connectivity index is 4.56. The van der Waals surface area contributed by atoms with Gasteiger partial charge in [-0.25, -0.2) is 0 Å². The second-order valence-corrected chi connectivity index (χ2v) is 6.97. The molecular weight excluding hydrogens is 192 g/mol. The molecule has 84 valence electrons. The Morgan fingerprint density at radius 3 is 2.00 bits per heavy atom. The second kappa shape index (κ2) is 4.69. The van der Waals surface area contributed by atoms with E-state index in [0.29, 0.717) is 5.78 Å². The normalized spacial score (nSPS) is 15.4. The van der Waals surface area contributed by atoms with E-state index in [1.165, 1.54) is 0 Å². The standard InChI is InChI=1S/C12H24OS/c1-9(10(2)13)11(3,4)8-12(5,6)14-7/h9H,8H2,1-7H3. The zero-order chi connectivity index (χ0) is 11.6. The van der Waals surface area contributed by atoms with Crippen LogP contribution in [0.4, 0.5) is 0 Å². The highest BCUT2D eigenvalue weighted by atomic mass is 32.2. The van der Waals surface area contributed by atoms with Gasteiger partial charge in [-0.1, -0.05) is 34.6 Å². The van der Waals surface area contributed by atoms with E-state index < -0.39 is 0 Å². The maximum absolute atomic E-state index is 11.4. The van der Waals surface area contributed by atoms with Crippen LogP contribution in [0.1, 0.15) is 48.0 Å². The summed E-state index contributed by atoms with van der Waals surface area (Å²) in [5.41, 5.74) is 0.0956. The zero-order valence-electron chi connectivity index (χ0n) is 10.6. The van der Waals surface area contributed by atoms with Crippen molar-refractivity contribution in [2.45, 2.75) is 52.7 Å². The van der Waals surface area contributed by atoms with Gasteiger partial charge in [0.15, 0.2) is 0 Å². The zero-order valence-corrected chi connectivity index (χ0v) is 11.4. The highest BCUT2D eigenvalue weighted by Gasteiger charge is 2.34. The van der Waals surface area contributed by atoms with Crippen LogP contribution >= 0.6 is 11.8 Å². The summed E-state index contributed by atoms with van der Waals surface area (Å²) >= 11 is 1.87. The second-order valence-electron chi connectivity index (χ2n) is 5.46. The van der Waals surface area contributed by atoms with Crippen molar-refractivity contribution in [2.24, 2.45) is 11.3 Å². The number of hydrogen-bond acceptors (Lipinski definition) is 2. The SMILES string of the molecule is CSC(C)(C)CC(C)(C)C(C)C(C)=O. The molecule has 0 spiro atoms. The first-order valence-corrected chi connectivity index (χ1v) is 6.40. The molecule has 0 aliphatic rings. The van der Waals surface area contributed by atoms with Crippen LogP contribution in [0.5, 0.6) is 0 Å². The third kappa shape index (κ3) is 4.04. The molecular formula is C12H24OS. The van der Waals surface area contributed by atoms with Crippen LogP contribution in [0.3, 0.4) is 0 Å². The number of carbonyl (C=O) groups excluding carboxylic acids is 1. The molecule has 0 aromatic carbocycles. The van der Waals surface area contributed by atoms with Crippen LogP contribution in [-0.4, -0.2) is 16.8 Å². The molecule has 1 nitrogen and oxygen atoms in total. The molecule has 0 fully saturated rings. The summed E-state index contributed by atoms with van der Waals surface area (Å²) in [6.07, 6.45) is 3.20. The van der Waals surface area contributed by atoms with Crippen molar-refractivity contribution in [3.05, 3.63) is 0 Å².